The first-order chi connectivity index (χ1) is 10.3. The SMILES string of the molecule is CCOc1ccccc1C(C)NCC1CCN(C2CC2)C1. The highest BCUT2D eigenvalue weighted by molar-refractivity contribution is 5.35. The Bertz CT molecular complexity index is 458. The molecule has 1 saturated carbocycles. The van der Waals surface area contributed by atoms with Crippen molar-refractivity contribution in [2.75, 3.05) is 26.2 Å². The van der Waals surface area contributed by atoms with Crippen molar-refractivity contribution < 1.29 is 4.74 Å². The highest BCUT2D eigenvalue weighted by Crippen LogP contribution is 2.32. The van der Waals surface area contributed by atoms with Gasteiger partial charge in [0.2, 0.25) is 0 Å². The van der Waals surface area contributed by atoms with Crippen LogP contribution < -0.4 is 10.1 Å². The molecule has 2 unspecified atom stereocenters. The highest BCUT2D eigenvalue weighted by Gasteiger charge is 2.34. The average molecular weight is 288 g/mol. The summed E-state index contributed by atoms with van der Waals surface area (Å²) in [7, 11) is 0. The van der Waals surface area contributed by atoms with Crippen molar-refractivity contribution in [3.8, 4) is 5.75 Å². The molecule has 3 rings (SSSR count). The fraction of sp³-hybridized carbons (Fsp3) is 0.667. The van der Waals surface area contributed by atoms with Crippen LogP contribution in [0.2, 0.25) is 0 Å². The molecule has 0 radical (unpaired) electrons. The summed E-state index contributed by atoms with van der Waals surface area (Å²) < 4.78 is 5.74. The summed E-state index contributed by atoms with van der Waals surface area (Å²) in [5.41, 5.74) is 1.27. The molecular formula is C18H28N2O. The van der Waals surface area contributed by atoms with E-state index in [2.05, 4.69) is 35.3 Å². The van der Waals surface area contributed by atoms with Crippen LogP contribution in [0.5, 0.6) is 5.75 Å². The Balaban J connectivity index is 1.50. The maximum Gasteiger partial charge on any atom is 0.124 e. The molecule has 1 aromatic rings. The fourth-order valence-corrected chi connectivity index (χ4v) is 3.38. The van der Waals surface area contributed by atoms with Crippen molar-refractivity contribution in [2.24, 2.45) is 5.92 Å². The van der Waals surface area contributed by atoms with Gasteiger partial charge in [-0.1, -0.05) is 18.2 Å². The smallest absolute Gasteiger partial charge is 0.124 e. The predicted molar refractivity (Wildman–Crippen MR) is 86.7 cm³/mol. The summed E-state index contributed by atoms with van der Waals surface area (Å²) in [6.07, 6.45) is 4.21. The molecular weight excluding hydrogens is 260 g/mol. The van der Waals surface area contributed by atoms with E-state index in [0.717, 1.165) is 30.9 Å². The first-order valence-electron chi connectivity index (χ1n) is 8.47. The average Bonchev–Trinajstić information content (AvgIpc) is 3.25. The van der Waals surface area contributed by atoms with Crippen molar-refractivity contribution in [1.82, 2.24) is 10.2 Å². The lowest BCUT2D eigenvalue weighted by Gasteiger charge is -2.20. The molecule has 0 spiro atoms. The second kappa shape index (κ2) is 6.80. The lowest BCUT2D eigenvalue weighted by Crippen LogP contribution is -2.29. The van der Waals surface area contributed by atoms with Crippen LogP contribution in [0.15, 0.2) is 24.3 Å². The third-order valence-electron chi connectivity index (χ3n) is 4.78. The van der Waals surface area contributed by atoms with Gasteiger partial charge in [0, 0.05) is 24.2 Å². The number of ether oxygens (including phenoxy) is 1. The van der Waals surface area contributed by atoms with Crippen molar-refractivity contribution in [3.05, 3.63) is 29.8 Å². The van der Waals surface area contributed by atoms with Gasteiger partial charge in [0.1, 0.15) is 5.75 Å². The summed E-state index contributed by atoms with van der Waals surface area (Å²) in [4.78, 5) is 2.69. The Morgan fingerprint density at radius 1 is 1.29 bits per heavy atom. The number of nitrogens with one attached hydrogen (secondary N) is 1. The Kier molecular flexibility index (Phi) is 4.81. The zero-order valence-corrected chi connectivity index (χ0v) is 13.3. The number of para-hydroxylation sites is 1. The second-order valence-electron chi connectivity index (χ2n) is 6.48. The lowest BCUT2D eigenvalue weighted by atomic mass is 10.0. The van der Waals surface area contributed by atoms with Crippen molar-refractivity contribution in [3.63, 3.8) is 0 Å². The van der Waals surface area contributed by atoms with Gasteiger partial charge in [-0.2, -0.15) is 0 Å². The Morgan fingerprint density at radius 2 is 2.10 bits per heavy atom. The fourth-order valence-electron chi connectivity index (χ4n) is 3.38. The molecule has 1 aliphatic carbocycles. The third kappa shape index (κ3) is 3.78. The minimum atomic E-state index is 0.350. The number of benzene rings is 1. The van der Waals surface area contributed by atoms with Crippen LogP contribution in [0.1, 0.15) is 44.7 Å². The Hall–Kier alpha value is -1.06. The maximum atomic E-state index is 5.74. The Labute approximate surface area is 128 Å². The minimum absolute atomic E-state index is 0.350. The molecule has 3 heteroatoms. The molecule has 1 aromatic carbocycles. The van der Waals surface area contributed by atoms with Gasteiger partial charge in [-0.3, -0.25) is 0 Å². The van der Waals surface area contributed by atoms with E-state index in [0.29, 0.717) is 6.04 Å². The molecule has 1 N–H and O–H groups in total. The second-order valence-corrected chi connectivity index (χ2v) is 6.48. The molecule has 0 amide bonds. The van der Waals surface area contributed by atoms with Gasteiger partial charge >= 0.3 is 0 Å². The molecule has 3 nitrogen and oxygen atoms in total. The van der Waals surface area contributed by atoms with E-state index in [-0.39, 0.29) is 0 Å². The zero-order chi connectivity index (χ0) is 14.7. The zero-order valence-electron chi connectivity index (χ0n) is 13.3. The number of likely N-dealkylation sites (tertiary alicyclic amines) is 1. The summed E-state index contributed by atoms with van der Waals surface area (Å²) in [5, 5.41) is 3.71. The first-order valence-corrected chi connectivity index (χ1v) is 8.47. The lowest BCUT2D eigenvalue weighted by molar-refractivity contribution is 0.308. The van der Waals surface area contributed by atoms with E-state index < -0.39 is 0 Å². The van der Waals surface area contributed by atoms with E-state index in [9.17, 15) is 0 Å². The quantitative estimate of drug-likeness (QED) is 0.834. The van der Waals surface area contributed by atoms with Crippen LogP contribution >= 0.6 is 0 Å². The standard InChI is InChI=1S/C18H28N2O/c1-3-21-18-7-5-4-6-17(18)14(2)19-12-15-10-11-20(13-15)16-8-9-16/h4-7,14-16,19H,3,8-13H2,1-2H3. The topological polar surface area (TPSA) is 24.5 Å². The number of rotatable bonds is 7. The molecule has 1 heterocycles. The van der Waals surface area contributed by atoms with E-state index >= 15 is 0 Å². The molecule has 1 aliphatic heterocycles. The monoisotopic (exact) mass is 288 g/mol. The molecule has 21 heavy (non-hydrogen) atoms. The van der Waals surface area contributed by atoms with E-state index in [4.69, 9.17) is 4.74 Å². The molecule has 0 bridgehead atoms. The van der Waals surface area contributed by atoms with Gasteiger partial charge in [-0.25, -0.2) is 0 Å². The van der Waals surface area contributed by atoms with Gasteiger partial charge < -0.3 is 15.0 Å². The van der Waals surface area contributed by atoms with Gasteiger partial charge in [0.25, 0.3) is 0 Å². The molecule has 2 fully saturated rings. The van der Waals surface area contributed by atoms with Crippen molar-refractivity contribution >= 4 is 0 Å². The molecule has 1 saturated heterocycles. The van der Waals surface area contributed by atoms with Crippen LogP contribution in [0.25, 0.3) is 0 Å². The van der Waals surface area contributed by atoms with E-state index in [1.807, 2.05) is 13.0 Å². The molecule has 2 aliphatic rings. The third-order valence-corrected chi connectivity index (χ3v) is 4.78. The minimum Gasteiger partial charge on any atom is -0.494 e. The number of hydrogen-bond donors (Lipinski definition) is 1. The summed E-state index contributed by atoms with van der Waals surface area (Å²) in [6, 6.07) is 9.66. The van der Waals surface area contributed by atoms with E-state index in [1.165, 1.54) is 37.9 Å². The van der Waals surface area contributed by atoms with Crippen molar-refractivity contribution in [2.45, 2.75) is 45.2 Å². The van der Waals surface area contributed by atoms with Crippen molar-refractivity contribution in [1.29, 1.82) is 0 Å². The van der Waals surface area contributed by atoms with Gasteiger partial charge in [-0.15, -0.1) is 0 Å². The van der Waals surface area contributed by atoms with Gasteiger partial charge in [0.15, 0.2) is 0 Å². The normalized spacial score (nSPS) is 24.2. The summed E-state index contributed by atoms with van der Waals surface area (Å²) in [5.74, 6) is 1.83. The van der Waals surface area contributed by atoms with Gasteiger partial charge in [-0.05, 0) is 58.2 Å². The van der Waals surface area contributed by atoms with E-state index in [1.54, 1.807) is 0 Å². The van der Waals surface area contributed by atoms with Crippen LogP contribution in [0.3, 0.4) is 0 Å². The molecule has 0 aromatic heterocycles. The van der Waals surface area contributed by atoms with Crippen LogP contribution in [0, 0.1) is 5.92 Å². The summed E-state index contributed by atoms with van der Waals surface area (Å²) >= 11 is 0. The van der Waals surface area contributed by atoms with Gasteiger partial charge in [0.05, 0.1) is 6.61 Å². The predicted octanol–water partition coefficient (Wildman–Crippen LogP) is 3.22. The number of nitrogens with zero attached hydrogens (tertiary/aromatic N) is 1. The largest absolute Gasteiger partial charge is 0.494 e. The van der Waals surface area contributed by atoms with Crippen LogP contribution in [-0.2, 0) is 0 Å². The van der Waals surface area contributed by atoms with Crippen LogP contribution in [0.4, 0.5) is 0 Å². The first kappa shape index (κ1) is 14.9. The Morgan fingerprint density at radius 3 is 2.86 bits per heavy atom. The van der Waals surface area contributed by atoms with Crippen LogP contribution in [-0.4, -0.2) is 37.2 Å². The molecule has 116 valence electrons. The maximum absolute atomic E-state index is 5.74. The molecule has 2 atom stereocenters. The summed E-state index contributed by atoms with van der Waals surface area (Å²) in [6.45, 7) is 8.72. The number of hydrogen-bond acceptors (Lipinski definition) is 3. The highest BCUT2D eigenvalue weighted by atomic mass is 16.5.